The highest BCUT2D eigenvalue weighted by Crippen LogP contribution is 2.45. The van der Waals surface area contributed by atoms with Crippen molar-refractivity contribution < 1.29 is 13.6 Å². The lowest BCUT2D eigenvalue weighted by molar-refractivity contribution is -0.124. The molecule has 7 rings (SSSR count). The Labute approximate surface area is 237 Å². The van der Waals surface area contributed by atoms with Gasteiger partial charge in [-0.2, -0.15) is 5.10 Å². The number of fused-ring (bicyclic) bond motifs is 1. The molecule has 41 heavy (non-hydrogen) atoms. The first-order valence-corrected chi connectivity index (χ1v) is 14.1. The molecule has 7 heteroatoms. The lowest BCUT2D eigenvalue weighted by Crippen LogP contribution is -2.38. The first-order valence-electron chi connectivity index (χ1n) is 14.1. The number of aromatic nitrogens is 2. The molecule has 5 aromatic rings. The number of rotatable bonds is 6. The molecule has 1 atom stereocenters. The van der Waals surface area contributed by atoms with Crippen LogP contribution in [0, 0.1) is 5.41 Å². The third kappa shape index (κ3) is 3.90. The van der Waals surface area contributed by atoms with Gasteiger partial charge in [0.1, 0.15) is 11.2 Å². The summed E-state index contributed by atoms with van der Waals surface area (Å²) in [5, 5.41) is 8.37. The Bertz CT molecular complexity index is 1600. The highest BCUT2D eigenvalue weighted by molar-refractivity contribution is 6.02. The van der Waals surface area contributed by atoms with Crippen LogP contribution in [0.5, 0.6) is 0 Å². The van der Waals surface area contributed by atoms with Crippen molar-refractivity contribution in [1.82, 2.24) is 15.1 Å². The predicted octanol–water partition coefficient (Wildman–Crippen LogP) is 6.53. The molecule has 1 amide bonds. The maximum absolute atomic E-state index is 14.8. The number of hydrogen-bond donors (Lipinski definition) is 1. The Morgan fingerprint density at radius 3 is 1.90 bits per heavy atom. The van der Waals surface area contributed by atoms with Gasteiger partial charge in [-0.05, 0) is 54.3 Å². The van der Waals surface area contributed by atoms with Crippen LogP contribution in [0.2, 0.25) is 0 Å². The Kier molecular flexibility index (Phi) is 6.20. The SMILES string of the molecule is O=C1N(c2ccc3c(c2)c(C(F)F)nn3C(c2ccccc2)(c2ccccc2)c2ccccc2)CC[C@]12CCNC2. The van der Waals surface area contributed by atoms with Crippen molar-refractivity contribution in [2.75, 3.05) is 24.5 Å². The minimum atomic E-state index is -2.80. The standard InChI is InChI=1S/C34H30F2N4O/c35-31(36)30-28-22-27(39-21-19-33(32(39)41)18-20-37-23-33)16-17-29(28)40(38-30)34(24-10-4-1-5-11-24,25-12-6-2-7-13-25)26-14-8-3-9-15-26/h1-17,22,31,37H,18-21,23H2/t33-/m0/s1. The lowest BCUT2D eigenvalue weighted by atomic mass is 9.77. The van der Waals surface area contributed by atoms with E-state index in [1.165, 1.54) is 0 Å². The van der Waals surface area contributed by atoms with E-state index in [1.54, 1.807) is 15.6 Å². The molecule has 0 radical (unpaired) electrons. The van der Waals surface area contributed by atoms with Crippen molar-refractivity contribution in [3.63, 3.8) is 0 Å². The Morgan fingerprint density at radius 1 is 0.805 bits per heavy atom. The highest BCUT2D eigenvalue weighted by atomic mass is 19.3. The monoisotopic (exact) mass is 548 g/mol. The van der Waals surface area contributed by atoms with Gasteiger partial charge in [-0.15, -0.1) is 0 Å². The van der Waals surface area contributed by atoms with Crippen molar-refractivity contribution in [2.24, 2.45) is 5.41 Å². The maximum Gasteiger partial charge on any atom is 0.282 e. The van der Waals surface area contributed by atoms with Gasteiger partial charge >= 0.3 is 0 Å². The molecule has 0 unspecified atom stereocenters. The number of anilines is 1. The second kappa shape index (κ2) is 9.93. The van der Waals surface area contributed by atoms with Gasteiger partial charge in [0, 0.05) is 24.2 Å². The molecule has 4 aromatic carbocycles. The topological polar surface area (TPSA) is 50.2 Å². The van der Waals surface area contributed by atoms with E-state index in [-0.39, 0.29) is 11.6 Å². The number of benzene rings is 4. The molecule has 5 nitrogen and oxygen atoms in total. The van der Waals surface area contributed by atoms with Crippen molar-refractivity contribution in [3.05, 3.63) is 132 Å². The zero-order valence-corrected chi connectivity index (χ0v) is 22.5. The predicted molar refractivity (Wildman–Crippen MR) is 156 cm³/mol. The number of halogens is 2. The van der Waals surface area contributed by atoms with Gasteiger partial charge in [-0.25, -0.2) is 13.5 Å². The third-order valence-corrected chi connectivity index (χ3v) is 8.86. The molecule has 3 heterocycles. The number of alkyl halides is 2. The highest BCUT2D eigenvalue weighted by Gasteiger charge is 2.49. The molecule has 0 aliphatic carbocycles. The average Bonchev–Trinajstić information content (AvgIpc) is 3.74. The van der Waals surface area contributed by atoms with Crippen LogP contribution in [0.1, 0.15) is 41.7 Å². The molecule has 2 fully saturated rings. The van der Waals surface area contributed by atoms with Gasteiger partial charge in [0.05, 0.1) is 10.9 Å². The first kappa shape index (κ1) is 25.6. The molecule has 1 N–H and O–H groups in total. The molecule has 1 aromatic heterocycles. The third-order valence-electron chi connectivity index (χ3n) is 8.86. The number of carbonyl (C=O) groups excluding carboxylic acids is 1. The van der Waals surface area contributed by atoms with Crippen LogP contribution in [0.4, 0.5) is 14.5 Å². The summed E-state index contributed by atoms with van der Waals surface area (Å²) in [6.45, 7) is 2.06. The molecule has 2 aliphatic rings. The second-order valence-corrected chi connectivity index (χ2v) is 11.0. The Hall–Kier alpha value is -4.36. The molecular formula is C34H30F2N4O. The van der Waals surface area contributed by atoms with Crippen molar-refractivity contribution >= 4 is 22.5 Å². The number of nitrogens with one attached hydrogen (secondary N) is 1. The zero-order chi connectivity index (χ0) is 28.0. The van der Waals surface area contributed by atoms with Crippen molar-refractivity contribution in [3.8, 4) is 0 Å². The summed E-state index contributed by atoms with van der Waals surface area (Å²) in [5.74, 6) is 0.0695. The van der Waals surface area contributed by atoms with Gasteiger partial charge < -0.3 is 10.2 Å². The summed E-state index contributed by atoms with van der Waals surface area (Å²) in [7, 11) is 0. The van der Waals surface area contributed by atoms with Gasteiger partial charge in [-0.1, -0.05) is 91.0 Å². The molecule has 0 bridgehead atoms. The summed E-state index contributed by atoms with van der Waals surface area (Å²) in [6.07, 6.45) is -1.23. The number of carbonyl (C=O) groups is 1. The molecule has 0 saturated carbocycles. The summed E-state index contributed by atoms with van der Waals surface area (Å²) in [5.41, 5.74) is 2.19. The number of amides is 1. The van der Waals surface area contributed by atoms with Crippen molar-refractivity contribution in [2.45, 2.75) is 24.8 Å². The summed E-state index contributed by atoms with van der Waals surface area (Å²) in [6, 6.07) is 35.1. The smallest absolute Gasteiger partial charge is 0.282 e. The van der Waals surface area contributed by atoms with E-state index in [9.17, 15) is 13.6 Å². The quantitative estimate of drug-likeness (QED) is 0.246. The van der Waals surface area contributed by atoms with Crippen LogP contribution in [0.15, 0.2) is 109 Å². The molecular weight excluding hydrogens is 518 g/mol. The minimum Gasteiger partial charge on any atom is -0.316 e. The number of nitrogens with zero attached hydrogens (tertiary/aromatic N) is 3. The Balaban J connectivity index is 1.49. The van der Waals surface area contributed by atoms with Gasteiger partial charge in [0.15, 0.2) is 0 Å². The summed E-state index contributed by atoms with van der Waals surface area (Å²) < 4.78 is 31.3. The van der Waals surface area contributed by atoms with E-state index >= 15 is 0 Å². The van der Waals surface area contributed by atoms with E-state index in [2.05, 4.69) is 5.32 Å². The number of hydrogen-bond acceptors (Lipinski definition) is 3. The van der Waals surface area contributed by atoms with E-state index in [0.29, 0.717) is 29.7 Å². The lowest BCUT2D eigenvalue weighted by Gasteiger charge is -2.37. The molecule has 1 spiro atoms. The summed E-state index contributed by atoms with van der Waals surface area (Å²) in [4.78, 5) is 15.3. The van der Waals surface area contributed by atoms with Crippen LogP contribution in [-0.2, 0) is 10.3 Å². The fourth-order valence-corrected chi connectivity index (χ4v) is 6.83. The second-order valence-electron chi connectivity index (χ2n) is 11.0. The fraction of sp³-hybridized carbons (Fsp3) is 0.235. The van der Waals surface area contributed by atoms with Crippen LogP contribution >= 0.6 is 0 Å². The maximum atomic E-state index is 14.8. The minimum absolute atomic E-state index is 0.0695. The first-order chi connectivity index (χ1) is 20.0. The van der Waals surface area contributed by atoms with E-state index in [1.807, 2.05) is 103 Å². The van der Waals surface area contributed by atoms with Crippen LogP contribution < -0.4 is 10.2 Å². The largest absolute Gasteiger partial charge is 0.316 e. The van der Waals surface area contributed by atoms with E-state index < -0.39 is 17.4 Å². The molecule has 206 valence electrons. The van der Waals surface area contributed by atoms with Crippen LogP contribution in [0.3, 0.4) is 0 Å². The zero-order valence-electron chi connectivity index (χ0n) is 22.5. The summed E-state index contributed by atoms with van der Waals surface area (Å²) >= 11 is 0. The Morgan fingerprint density at radius 2 is 1.39 bits per heavy atom. The average molecular weight is 549 g/mol. The van der Waals surface area contributed by atoms with E-state index in [4.69, 9.17) is 5.10 Å². The van der Waals surface area contributed by atoms with Crippen molar-refractivity contribution in [1.29, 1.82) is 0 Å². The van der Waals surface area contributed by atoms with Crippen LogP contribution in [-0.4, -0.2) is 35.3 Å². The normalized spacial score (nSPS) is 19.2. The van der Waals surface area contributed by atoms with Gasteiger partial charge in [0.2, 0.25) is 5.91 Å². The van der Waals surface area contributed by atoms with Gasteiger partial charge in [0.25, 0.3) is 6.43 Å². The van der Waals surface area contributed by atoms with Gasteiger partial charge in [-0.3, -0.25) is 4.79 Å². The van der Waals surface area contributed by atoms with E-state index in [0.717, 1.165) is 36.1 Å². The fourth-order valence-electron chi connectivity index (χ4n) is 6.83. The molecule has 2 aliphatic heterocycles. The van der Waals surface area contributed by atoms with Crippen LogP contribution in [0.25, 0.3) is 10.9 Å². The molecule has 2 saturated heterocycles.